The molecule has 2 amide bonds. The Hall–Kier alpha value is -3.53. The molecule has 9 nitrogen and oxygen atoms in total. The number of halogens is 1. The molecule has 0 unspecified atom stereocenters. The van der Waals surface area contributed by atoms with E-state index in [2.05, 4.69) is 15.4 Å². The average molecular weight is 447 g/mol. The summed E-state index contributed by atoms with van der Waals surface area (Å²) in [7, 11) is 2.61. The Labute approximate surface area is 184 Å². The molecule has 1 aromatic heterocycles. The number of aryl methyl sites for hydroxylation is 1. The van der Waals surface area contributed by atoms with E-state index in [0.717, 1.165) is 7.11 Å². The van der Waals surface area contributed by atoms with Gasteiger partial charge in [-0.15, -0.1) is 0 Å². The second kappa shape index (κ2) is 9.73. The number of ketones is 1. The highest BCUT2D eigenvalue weighted by molar-refractivity contribution is 6.43. The fraction of sp³-hybridized carbons (Fsp3) is 0.364. The van der Waals surface area contributed by atoms with E-state index in [1.807, 2.05) is 0 Å². The van der Waals surface area contributed by atoms with Crippen LogP contribution in [0.1, 0.15) is 44.6 Å². The molecule has 2 aromatic rings. The highest BCUT2D eigenvalue weighted by Crippen LogP contribution is 2.24. The molecule has 0 aliphatic rings. The summed E-state index contributed by atoms with van der Waals surface area (Å²) in [5.41, 5.74) is 1.55. The number of methoxy groups -OCH3 is 1. The number of aliphatic hydroxyl groups excluding tert-OH is 1. The Morgan fingerprint density at radius 2 is 1.78 bits per heavy atom. The second-order valence-electron chi connectivity index (χ2n) is 7.46. The number of aliphatic hydroxyl groups is 1. The molecule has 2 rings (SSSR count). The minimum absolute atomic E-state index is 0.0466. The monoisotopic (exact) mass is 447 g/mol. The third kappa shape index (κ3) is 4.86. The van der Waals surface area contributed by atoms with Crippen LogP contribution in [0.3, 0.4) is 0 Å². The minimum Gasteiger partial charge on any atom is -0.467 e. The van der Waals surface area contributed by atoms with Crippen molar-refractivity contribution in [3.05, 3.63) is 52.1 Å². The Balaban J connectivity index is 2.34. The lowest BCUT2D eigenvalue weighted by Crippen LogP contribution is -2.50. The van der Waals surface area contributed by atoms with E-state index in [1.165, 1.54) is 43.7 Å². The zero-order valence-electron chi connectivity index (χ0n) is 18.7. The van der Waals surface area contributed by atoms with Crippen LogP contribution in [0.2, 0.25) is 0 Å². The van der Waals surface area contributed by atoms with E-state index >= 15 is 0 Å². The fourth-order valence-corrected chi connectivity index (χ4v) is 3.37. The minimum atomic E-state index is -1.43. The van der Waals surface area contributed by atoms with E-state index in [4.69, 9.17) is 0 Å². The quantitative estimate of drug-likeness (QED) is 0.336. The van der Waals surface area contributed by atoms with Crippen molar-refractivity contribution in [1.29, 1.82) is 0 Å². The maximum atomic E-state index is 13.5. The summed E-state index contributed by atoms with van der Waals surface area (Å²) in [6, 6.07) is 2.69. The standard InChI is InChI=1S/C22H26FN3O6/c1-10-9-14(7-8-15(10)23)24-20(29)16-11(2)18(26(5)12(16)3)19(28)21(30)25-17(13(4)27)22(31)32-6/h7-9,13,17,27H,1-6H3,(H,24,29)(H,25,30)/t13-,17-/m1/s1. The Kier molecular flexibility index (Phi) is 7.52. The first-order valence-electron chi connectivity index (χ1n) is 9.75. The van der Waals surface area contributed by atoms with Gasteiger partial charge >= 0.3 is 5.97 Å². The summed E-state index contributed by atoms with van der Waals surface area (Å²) in [5.74, 6) is -3.96. The molecule has 0 bridgehead atoms. The molecular formula is C22H26FN3O6. The smallest absolute Gasteiger partial charge is 0.331 e. The first kappa shape index (κ1) is 24.7. The Bertz CT molecular complexity index is 1090. The number of aromatic nitrogens is 1. The first-order valence-corrected chi connectivity index (χ1v) is 9.75. The lowest BCUT2D eigenvalue weighted by Gasteiger charge is -2.18. The SMILES string of the molecule is COC(=O)[C@H](NC(=O)C(=O)c1c(C)c(C(=O)Nc2ccc(F)c(C)c2)c(C)n1C)[C@@H](C)O. The van der Waals surface area contributed by atoms with Gasteiger partial charge in [-0.2, -0.15) is 0 Å². The van der Waals surface area contributed by atoms with Crippen LogP contribution >= 0.6 is 0 Å². The maximum absolute atomic E-state index is 13.5. The van der Waals surface area contributed by atoms with Crippen molar-refractivity contribution in [2.24, 2.45) is 7.05 Å². The van der Waals surface area contributed by atoms with Gasteiger partial charge in [0, 0.05) is 18.4 Å². The summed E-state index contributed by atoms with van der Waals surface area (Å²) >= 11 is 0. The molecule has 0 saturated heterocycles. The normalized spacial score (nSPS) is 12.6. The molecular weight excluding hydrogens is 421 g/mol. The van der Waals surface area contributed by atoms with Gasteiger partial charge in [-0.3, -0.25) is 14.4 Å². The average Bonchev–Trinajstić information content (AvgIpc) is 2.95. The van der Waals surface area contributed by atoms with Crippen LogP contribution in [0.4, 0.5) is 10.1 Å². The molecule has 2 atom stereocenters. The molecule has 0 fully saturated rings. The Morgan fingerprint density at radius 3 is 2.31 bits per heavy atom. The molecule has 10 heteroatoms. The van der Waals surface area contributed by atoms with Gasteiger partial charge < -0.3 is 25.0 Å². The first-order chi connectivity index (χ1) is 14.9. The van der Waals surface area contributed by atoms with Crippen molar-refractivity contribution in [1.82, 2.24) is 9.88 Å². The van der Waals surface area contributed by atoms with E-state index in [-0.39, 0.29) is 16.8 Å². The molecule has 0 spiro atoms. The van der Waals surface area contributed by atoms with Crippen LogP contribution in [0.25, 0.3) is 0 Å². The van der Waals surface area contributed by atoms with Gasteiger partial charge in [0.25, 0.3) is 17.6 Å². The van der Waals surface area contributed by atoms with Crippen LogP contribution in [0, 0.1) is 26.6 Å². The summed E-state index contributed by atoms with van der Waals surface area (Å²) in [6.07, 6.45) is -1.30. The van der Waals surface area contributed by atoms with Crippen LogP contribution in [0.15, 0.2) is 18.2 Å². The number of rotatable bonds is 7. The van der Waals surface area contributed by atoms with Gasteiger partial charge in [0.2, 0.25) is 0 Å². The topological polar surface area (TPSA) is 127 Å². The molecule has 32 heavy (non-hydrogen) atoms. The lowest BCUT2D eigenvalue weighted by molar-refractivity contribution is -0.147. The molecule has 172 valence electrons. The van der Waals surface area contributed by atoms with Crippen molar-refractivity contribution in [2.75, 3.05) is 12.4 Å². The van der Waals surface area contributed by atoms with Crippen molar-refractivity contribution in [3.63, 3.8) is 0 Å². The van der Waals surface area contributed by atoms with Gasteiger partial charge in [-0.1, -0.05) is 0 Å². The van der Waals surface area contributed by atoms with E-state index in [1.54, 1.807) is 13.8 Å². The number of esters is 1. The number of amides is 2. The van der Waals surface area contributed by atoms with Crippen molar-refractivity contribution in [3.8, 4) is 0 Å². The molecule has 1 heterocycles. The van der Waals surface area contributed by atoms with Crippen molar-refractivity contribution < 1.29 is 33.4 Å². The third-order valence-electron chi connectivity index (χ3n) is 5.22. The molecule has 0 radical (unpaired) electrons. The largest absolute Gasteiger partial charge is 0.467 e. The van der Waals surface area contributed by atoms with E-state index in [0.29, 0.717) is 16.9 Å². The molecule has 3 N–H and O–H groups in total. The molecule has 0 aliphatic carbocycles. The van der Waals surface area contributed by atoms with Crippen LogP contribution in [0.5, 0.6) is 0 Å². The third-order valence-corrected chi connectivity index (χ3v) is 5.22. The molecule has 0 saturated carbocycles. The number of hydrogen-bond donors (Lipinski definition) is 3. The number of nitrogens with one attached hydrogen (secondary N) is 2. The number of Topliss-reactive ketones (excluding diaryl/α,β-unsaturated/α-hetero) is 1. The number of anilines is 1. The fourth-order valence-electron chi connectivity index (χ4n) is 3.37. The number of ether oxygens (including phenoxy) is 1. The summed E-state index contributed by atoms with van der Waals surface area (Å²) < 4.78 is 19.4. The summed E-state index contributed by atoms with van der Waals surface area (Å²) in [6.45, 7) is 5.96. The number of nitrogens with zero attached hydrogens (tertiary/aromatic N) is 1. The highest BCUT2D eigenvalue weighted by Gasteiger charge is 2.33. The maximum Gasteiger partial charge on any atom is 0.331 e. The van der Waals surface area contributed by atoms with Crippen LogP contribution < -0.4 is 10.6 Å². The van der Waals surface area contributed by atoms with Gasteiger partial charge in [-0.05, 0) is 57.0 Å². The summed E-state index contributed by atoms with van der Waals surface area (Å²) in [4.78, 5) is 50.0. The van der Waals surface area contributed by atoms with Crippen molar-refractivity contribution >= 4 is 29.3 Å². The predicted octanol–water partition coefficient (Wildman–Crippen LogP) is 1.56. The van der Waals surface area contributed by atoms with E-state index in [9.17, 15) is 28.7 Å². The molecule has 0 aliphatic heterocycles. The molecule has 1 aromatic carbocycles. The zero-order chi connectivity index (χ0) is 24.3. The lowest BCUT2D eigenvalue weighted by atomic mass is 10.1. The number of benzene rings is 1. The number of hydrogen-bond acceptors (Lipinski definition) is 6. The van der Waals surface area contributed by atoms with Gasteiger partial charge in [0.1, 0.15) is 5.82 Å². The zero-order valence-corrected chi connectivity index (χ0v) is 18.7. The Morgan fingerprint density at radius 1 is 1.16 bits per heavy atom. The second-order valence-corrected chi connectivity index (χ2v) is 7.46. The number of carbonyl (C=O) groups is 4. The van der Waals surface area contributed by atoms with E-state index < -0.39 is 41.5 Å². The van der Waals surface area contributed by atoms with Gasteiger partial charge in [0.15, 0.2) is 6.04 Å². The van der Waals surface area contributed by atoms with Gasteiger partial charge in [-0.25, -0.2) is 9.18 Å². The predicted molar refractivity (Wildman–Crippen MR) is 114 cm³/mol. The highest BCUT2D eigenvalue weighted by atomic mass is 19.1. The van der Waals surface area contributed by atoms with Crippen LogP contribution in [-0.2, 0) is 21.4 Å². The van der Waals surface area contributed by atoms with Crippen LogP contribution in [-0.4, -0.2) is 52.5 Å². The van der Waals surface area contributed by atoms with Gasteiger partial charge in [0.05, 0.1) is 24.5 Å². The van der Waals surface area contributed by atoms with Crippen molar-refractivity contribution in [2.45, 2.75) is 39.8 Å². The summed E-state index contributed by atoms with van der Waals surface area (Å²) in [5, 5.41) is 14.5. The number of carbonyl (C=O) groups excluding carboxylic acids is 4.